The number of carbonyl (C=O) groups excluding carboxylic acids is 4. The van der Waals surface area contributed by atoms with Gasteiger partial charge in [-0.2, -0.15) is 0 Å². The highest BCUT2D eigenvalue weighted by Gasteiger charge is 2.20. The van der Waals surface area contributed by atoms with Crippen molar-refractivity contribution in [3.8, 4) is 0 Å². The van der Waals surface area contributed by atoms with Crippen molar-refractivity contribution in [3.05, 3.63) is 29.0 Å². The maximum atomic E-state index is 11.7. The number of imide groups is 1. The molecule has 0 fully saturated rings. The van der Waals surface area contributed by atoms with Gasteiger partial charge in [-0.1, -0.05) is 11.6 Å². The van der Waals surface area contributed by atoms with Gasteiger partial charge in [-0.25, -0.2) is 4.79 Å². The third-order valence-electron chi connectivity index (χ3n) is 2.49. The second-order valence-corrected chi connectivity index (χ2v) is 4.68. The summed E-state index contributed by atoms with van der Waals surface area (Å²) in [7, 11) is 1.33. The fourth-order valence-electron chi connectivity index (χ4n) is 1.34. The number of rotatable bonds is 5. The van der Waals surface area contributed by atoms with Gasteiger partial charge >= 0.3 is 12.0 Å². The van der Waals surface area contributed by atoms with Crippen molar-refractivity contribution in [2.45, 2.75) is 13.0 Å². The molecule has 0 aromatic carbocycles. The molecule has 0 unspecified atom stereocenters. The van der Waals surface area contributed by atoms with Gasteiger partial charge in [-0.15, -0.1) is 0 Å². The van der Waals surface area contributed by atoms with Crippen LogP contribution in [0.1, 0.15) is 17.4 Å². The van der Waals surface area contributed by atoms with Crippen LogP contribution in [0.5, 0.6) is 0 Å². The van der Waals surface area contributed by atoms with Gasteiger partial charge in [0.25, 0.3) is 11.8 Å². The molecule has 0 aliphatic rings. The van der Waals surface area contributed by atoms with Crippen molar-refractivity contribution in [1.29, 1.82) is 0 Å². The Bertz CT molecular complexity index is 622. The molecule has 1 aromatic heterocycles. The number of hydrogen-bond donors (Lipinski definition) is 3. The number of esters is 1. The summed E-state index contributed by atoms with van der Waals surface area (Å²) in [6, 6.07) is 2.11. The van der Waals surface area contributed by atoms with Crippen molar-refractivity contribution in [1.82, 2.24) is 20.9 Å². The summed E-state index contributed by atoms with van der Waals surface area (Å²) in [6.45, 7) is 0.821. The van der Waals surface area contributed by atoms with Crippen LogP contribution in [0.3, 0.4) is 0 Å². The number of carbonyl (C=O) groups is 4. The van der Waals surface area contributed by atoms with Crippen LogP contribution in [-0.2, 0) is 14.3 Å². The molecule has 0 saturated heterocycles. The van der Waals surface area contributed by atoms with Gasteiger partial charge in [-0.3, -0.25) is 24.7 Å². The molecule has 0 bridgehead atoms. The second-order valence-electron chi connectivity index (χ2n) is 4.24. The van der Waals surface area contributed by atoms with E-state index in [0.717, 1.165) is 0 Å². The van der Waals surface area contributed by atoms with E-state index in [2.05, 4.69) is 15.6 Å². The summed E-state index contributed by atoms with van der Waals surface area (Å²) < 4.78 is 4.78. The minimum absolute atomic E-state index is 0.0377. The SMILES string of the molecule is CNC(=O)NC(=O)[C@@H](C)OC(=O)CNC(=O)c1cc(Cl)ccn1. The molecular weight excluding hydrogens is 328 g/mol. The lowest BCUT2D eigenvalue weighted by Crippen LogP contribution is -2.44. The molecule has 0 aliphatic heterocycles. The fourth-order valence-corrected chi connectivity index (χ4v) is 1.50. The van der Waals surface area contributed by atoms with E-state index in [0.29, 0.717) is 5.02 Å². The van der Waals surface area contributed by atoms with Gasteiger partial charge in [0, 0.05) is 18.3 Å². The van der Waals surface area contributed by atoms with Gasteiger partial charge in [0.1, 0.15) is 12.2 Å². The van der Waals surface area contributed by atoms with E-state index >= 15 is 0 Å². The molecule has 0 spiro atoms. The van der Waals surface area contributed by atoms with E-state index in [9.17, 15) is 19.2 Å². The van der Waals surface area contributed by atoms with Crippen LogP contribution in [0.25, 0.3) is 0 Å². The third-order valence-corrected chi connectivity index (χ3v) is 2.72. The molecule has 23 heavy (non-hydrogen) atoms. The van der Waals surface area contributed by atoms with Crippen LogP contribution in [0, 0.1) is 0 Å². The average Bonchev–Trinajstić information content (AvgIpc) is 2.52. The molecule has 0 aliphatic carbocycles. The Labute approximate surface area is 136 Å². The standard InChI is InChI=1S/C13H15ClN4O5/c1-7(11(20)18-13(22)15-2)23-10(19)6-17-12(21)9-5-8(14)3-4-16-9/h3-5,7H,6H2,1-2H3,(H,17,21)(H2,15,18,20,22)/t7-/m1/s1. The monoisotopic (exact) mass is 342 g/mol. The number of halogens is 1. The highest BCUT2D eigenvalue weighted by atomic mass is 35.5. The van der Waals surface area contributed by atoms with E-state index in [4.69, 9.17) is 16.3 Å². The van der Waals surface area contributed by atoms with Crippen LogP contribution in [-0.4, -0.2) is 48.5 Å². The number of ether oxygens (including phenoxy) is 1. The van der Waals surface area contributed by atoms with Crippen molar-refractivity contribution in [3.63, 3.8) is 0 Å². The second kappa shape index (κ2) is 8.69. The van der Waals surface area contributed by atoms with E-state index in [1.807, 2.05) is 5.32 Å². The van der Waals surface area contributed by atoms with Crippen molar-refractivity contribution in [2.75, 3.05) is 13.6 Å². The lowest BCUT2D eigenvalue weighted by Gasteiger charge is -2.13. The van der Waals surface area contributed by atoms with Gasteiger partial charge in [0.2, 0.25) is 0 Å². The number of amides is 4. The summed E-state index contributed by atoms with van der Waals surface area (Å²) in [5, 5.41) is 6.74. The highest BCUT2D eigenvalue weighted by Crippen LogP contribution is 2.07. The van der Waals surface area contributed by atoms with Gasteiger partial charge < -0.3 is 15.4 Å². The molecule has 1 rings (SSSR count). The van der Waals surface area contributed by atoms with Crippen LogP contribution in [0.4, 0.5) is 4.79 Å². The molecule has 1 heterocycles. The first-order valence-corrected chi connectivity index (χ1v) is 6.83. The summed E-state index contributed by atoms with van der Waals surface area (Å²) in [5.74, 6) is -2.26. The molecule has 0 radical (unpaired) electrons. The third kappa shape index (κ3) is 6.30. The number of hydrogen-bond acceptors (Lipinski definition) is 6. The van der Waals surface area contributed by atoms with E-state index < -0.39 is 36.5 Å². The predicted octanol–water partition coefficient (Wildman–Crippen LogP) is -0.148. The summed E-state index contributed by atoms with van der Waals surface area (Å²) >= 11 is 5.72. The molecule has 1 aromatic rings. The molecular formula is C13H15ClN4O5. The smallest absolute Gasteiger partial charge is 0.326 e. The largest absolute Gasteiger partial charge is 0.451 e. The van der Waals surface area contributed by atoms with Crippen molar-refractivity contribution >= 4 is 35.4 Å². The Hall–Kier alpha value is -2.68. The normalized spacial score (nSPS) is 11.1. The zero-order chi connectivity index (χ0) is 17.4. The Balaban J connectivity index is 2.43. The molecule has 1 atom stereocenters. The Morgan fingerprint density at radius 2 is 2.04 bits per heavy atom. The molecule has 0 saturated carbocycles. The van der Waals surface area contributed by atoms with Crippen molar-refractivity contribution < 1.29 is 23.9 Å². The summed E-state index contributed by atoms with van der Waals surface area (Å²) in [5.41, 5.74) is 0.0377. The lowest BCUT2D eigenvalue weighted by molar-refractivity contribution is -0.153. The van der Waals surface area contributed by atoms with Crippen LogP contribution >= 0.6 is 11.6 Å². The first-order chi connectivity index (χ1) is 10.8. The maximum Gasteiger partial charge on any atom is 0.326 e. The first kappa shape index (κ1) is 18.4. The van der Waals surface area contributed by atoms with E-state index in [1.54, 1.807) is 0 Å². The molecule has 124 valence electrons. The zero-order valence-electron chi connectivity index (χ0n) is 12.4. The number of nitrogens with zero attached hydrogens (tertiary/aromatic N) is 1. The van der Waals surface area contributed by atoms with Gasteiger partial charge in [0.15, 0.2) is 6.10 Å². The number of nitrogens with one attached hydrogen (secondary N) is 3. The molecule has 10 heteroatoms. The summed E-state index contributed by atoms with van der Waals surface area (Å²) in [4.78, 5) is 49.5. The number of urea groups is 1. The van der Waals surface area contributed by atoms with E-state index in [-0.39, 0.29) is 5.69 Å². The van der Waals surface area contributed by atoms with Crippen molar-refractivity contribution in [2.24, 2.45) is 0 Å². The number of pyridine rings is 1. The van der Waals surface area contributed by atoms with Gasteiger partial charge in [-0.05, 0) is 19.1 Å². The Kier molecular flexibility index (Phi) is 6.94. The molecule has 3 N–H and O–H groups in total. The predicted molar refractivity (Wildman–Crippen MR) is 79.7 cm³/mol. The minimum atomic E-state index is -1.19. The maximum absolute atomic E-state index is 11.7. The summed E-state index contributed by atoms with van der Waals surface area (Å²) in [6.07, 6.45) is 0.154. The minimum Gasteiger partial charge on any atom is -0.451 e. The van der Waals surface area contributed by atoms with Crippen LogP contribution in [0.15, 0.2) is 18.3 Å². The molecule has 4 amide bonds. The Morgan fingerprint density at radius 1 is 1.35 bits per heavy atom. The van der Waals surface area contributed by atoms with Crippen LogP contribution < -0.4 is 16.0 Å². The first-order valence-electron chi connectivity index (χ1n) is 6.45. The van der Waals surface area contributed by atoms with Gasteiger partial charge in [0.05, 0.1) is 0 Å². The topological polar surface area (TPSA) is 126 Å². The highest BCUT2D eigenvalue weighted by molar-refractivity contribution is 6.30. The lowest BCUT2D eigenvalue weighted by atomic mass is 10.3. The Morgan fingerprint density at radius 3 is 2.65 bits per heavy atom. The molecule has 9 nitrogen and oxygen atoms in total. The van der Waals surface area contributed by atoms with E-state index in [1.165, 1.54) is 32.3 Å². The average molecular weight is 343 g/mol. The fraction of sp³-hybridized carbons (Fsp3) is 0.308. The quantitative estimate of drug-likeness (QED) is 0.639. The van der Waals surface area contributed by atoms with Crippen LogP contribution in [0.2, 0.25) is 5.02 Å². The number of aromatic nitrogens is 1. The zero-order valence-corrected chi connectivity index (χ0v) is 13.1.